The van der Waals surface area contributed by atoms with Gasteiger partial charge in [0.15, 0.2) is 5.78 Å². The van der Waals surface area contributed by atoms with Crippen LogP contribution < -0.4 is 5.32 Å². The van der Waals surface area contributed by atoms with Crippen molar-refractivity contribution in [2.45, 2.75) is 38.8 Å². The molecule has 0 spiro atoms. The van der Waals surface area contributed by atoms with E-state index in [1.807, 2.05) is 6.92 Å². The Morgan fingerprint density at radius 3 is 3.20 bits per heavy atom. The van der Waals surface area contributed by atoms with Gasteiger partial charge in [-0.1, -0.05) is 11.6 Å². The Labute approximate surface area is 88.9 Å². The maximum absolute atomic E-state index is 12.1. The van der Waals surface area contributed by atoms with Crippen molar-refractivity contribution >= 4 is 5.78 Å². The van der Waals surface area contributed by atoms with Crippen molar-refractivity contribution in [2.75, 3.05) is 6.54 Å². The van der Waals surface area contributed by atoms with Gasteiger partial charge in [-0.25, -0.2) is 4.68 Å². The quantitative estimate of drug-likeness (QED) is 0.740. The van der Waals surface area contributed by atoms with Crippen LogP contribution >= 0.6 is 0 Å². The van der Waals surface area contributed by atoms with E-state index in [-0.39, 0.29) is 11.8 Å². The Hall–Kier alpha value is -1.23. The maximum atomic E-state index is 12.1. The van der Waals surface area contributed by atoms with Crippen LogP contribution in [-0.2, 0) is 6.54 Å². The van der Waals surface area contributed by atoms with Crippen molar-refractivity contribution < 1.29 is 4.79 Å². The Morgan fingerprint density at radius 2 is 2.53 bits per heavy atom. The van der Waals surface area contributed by atoms with Crippen molar-refractivity contribution in [2.24, 2.45) is 0 Å². The number of carbonyl (C=O) groups excluding carboxylic acids is 1. The Bertz CT molecular complexity index is 341. The summed E-state index contributed by atoms with van der Waals surface area (Å²) in [6.07, 6.45) is 4.77. The maximum Gasteiger partial charge on any atom is 0.199 e. The van der Waals surface area contributed by atoms with E-state index in [4.69, 9.17) is 0 Å². The van der Waals surface area contributed by atoms with Gasteiger partial charge >= 0.3 is 0 Å². The molecule has 15 heavy (non-hydrogen) atoms. The lowest BCUT2D eigenvalue weighted by Crippen LogP contribution is -2.41. The number of hydrogen-bond donors (Lipinski definition) is 1. The second-order valence-electron chi connectivity index (χ2n) is 3.80. The van der Waals surface area contributed by atoms with Crippen LogP contribution in [-0.4, -0.2) is 33.4 Å². The number of piperidine rings is 1. The zero-order chi connectivity index (χ0) is 10.7. The van der Waals surface area contributed by atoms with Crippen LogP contribution in [0.25, 0.3) is 0 Å². The number of carbonyl (C=O) groups is 1. The number of Topliss-reactive ketones (excluding diaryl/α,β-unsaturated/α-hetero) is 1. The smallest absolute Gasteiger partial charge is 0.199 e. The van der Waals surface area contributed by atoms with Crippen LogP contribution in [0, 0.1) is 0 Å². The average Bonchev–Trinajstić information content (AvgIpc) is 2.77. The van der Waals surface area contributed by atoms with Gasteiger partial charge in [-0.05, 0) is 26.3 Å². The number of nitrogens with one attached hydrogen (secondary N) is 1. The molecule has 2 heterocycles. The van der Waals surface area contributed by atoms with Crippen molar-refractivity contribution in [3.8, 4) is 0 Å². The molecule has 1 saturated heterocycles. The third kappa shape index (κ3) is 2.07. The van der Waals surface area contributed by atoms with Crippen molar-refractivity contribution in [3.63, 3.8) is 0 Å². The fourth-order valence-corrected chi connectivity index (χ4v) is 1.94. The minimum absolute atomic E-state index is 0.0393. The SMILES string of the molecule is CCn1nncc1C(=O)C1CCCCN1. The molecule has 1 aromatic heterocycles. The molecule has 0 radical (unpaired) electrons. The van der Waals surface area contributed by atoms with E-state index in [0.717, 1.165) is 25.8 Å². The van der Waals surface area contributed by atoms with Gasteiger partial charge in [-0.2, -0.15) is 0 Å². The highest BCUT2D eigenvalue weighted by molar-refractivity contribution is 5.98. The molecule has 1 N–H and O–H groups in total. The van der Waals surface area contributed by atoms with Gasteiger partial charge in [0.2, 0.25) is 0 Å². The van der Waals surface area contributed by atoms with Crippen LogP contribution in [0.1, 0.15) is 36.7 Å². The topological polar surface area (TPSA) is 59.8 Å². The number of aryl methyl sites for hydroxylation is 1. The molecule has 0 aromatic carbocycles. The summed E-state index contributed by atoms with van der Waals surface area (Å²) in [5, 5.41) is 10.9. The third-order valence-electron chi connectivity index (χ3n) is 2.80. The summed E-state index contributed by atoms with van der Waals surface area (Å²) in [5.74, 6) is 0.126. The molecule has 2 rings (SSSR count). The second kappa shape index (κ2) is 4.53. The van der Waals surface area contributed by atoms with Crippen LogP contribution in [0.15, 0.2) is 6.20 Å². The molecule has 5 nitrogen and oxygen atoms in total. The Morgan fingerprint density at radius 1 is 1.67 bits per heavy atom. The molecule has 0 amide bonds. The van der Waals surface area contributed by atoms with Crippen molar-refractivity contribution in [1.82, 2.24) is 20.3 Å². The Kier molecular flexibility index (Phi) is 3.11. The molecule has 1 atom stereocenters. The largest absolute Gasteiger partial charge is 0.307 e. The molecule has 82 valence electrons. The molecule has 0 bridgehead atoms. The molecule has 0 aliphatic carbocycles. The summed E-state index contributed by atoms with van der Waals surface area (Å²) < 4.78 is 1.65. The monoisotopic (exact) mass is 208 g/mol. The van der Waals surface area contributed by atoms with E-state index in [1.54, 1.807) is 10.9 Å². The fraction of sp³-hybridized carbons (Fsp3) is 0.700. The fourth-order valence-electron chi connectivity index (χ4n) is 1.94. The van der Waals surface area contributed by atoms with Gasteiger partial charge < -0.3 is 5.32 Å². The molecule has 0 saturated carbocycles. The van der Waals surface area contributed by atoms with Crippen LogP contribution in [0.2, 0.25) is 0 Å². The molecule has 1 fully saturated rings. The van der Waals surface area contributed by atoms with Gasteiger partial charge in [-0.3, -0.25) is 4.79 Å². The third-order valence-corrected chi connectivity index (χ3v) is 2.80. The molecule has 1 unspecified atom stereocenters. The van der Waals surface area contributed by atoms with Crippen LogP contribution in [0.3, 0.4) is 0 Å². The first kappa shape index (κ1) is 10.3. The minimum Gasteiger partial charge on any atom is -0.307 e. The van der Waals surface area contributed by atoms with E-state index >= 15 is 0 Å². The number of hydrogen-bond acceptors (Lipinski definition) is 4. The van der Waals surface area contributed by atoms with E-state index in [9.17, 15) is 4.79 Å². The summed E-state index contributed by atoms with van der Waals surface area (Å²) in [7, 11) is 0. The zero-order valence-corrected chi connectivity index (χ0v) is 8.94. The zero-order valence-electron chi connectivity index (χ0n) is 8.94. The molecular weight excluding hydrogens is 192 g/mol. The normalized spacial score (nSPS) is 21.5. The lowest BCUT2D eigenvalue weighted by Gasteiger charge is -2.21. The number of nitrogens with zero attached hydrogens (tertiary/aromatic N) is 3. The lowest BCUT2D eigenvalue weighted by molar-refractivity contribution is 0.0916. The molecular formula is C10H16N4O. The number of aromatic nitrogens is 3. The van der Waals surface area contributed by atoms with Gasteiger partial charge in [0.25, 0.3) is 0 Å². The highest BCUT2D eigenvalue weighted by Crippen LogP contribution is 2.12. The number of rotatable bonds is 3. The van der Waals surface area contributed by atoms with Gasteiger partial charge in [0, 0.05) is 6.54 Å². The predicted molar refractivity (Wildman–Crippen MR) is 55.7 cm³/mol. The summed E-state index contributed by atoms with van der Waals surface area (Å²) in [6.45, 7) is 3.58. The summed E-state index contributed by atoms with van der Waals surface area (Å²) >= 11 is 0. The van der Waals surface area contributed by atoms with Crippen LogP contribution in [0.4, 0.5) is 0 Å². The second-order valence-corrected chi connectivity index (χ2v) is 3.80. The van der Waals surface area contributed by atoms with Gasteiger partial charge in [-0.15, -0.1) is 5.10 Å². The predicted octanol–water partition coefficient (Wildman–Crippen LogP) is 0.623. The summed E-state index contributed by atoms with van der Waals surface area (Å²) in [4.78, 5) is 12.1. The Balaban J connectivity index is 2.12. The highest BCUT2D eigenvalue weighted by Gasteiger charge is 2.24. The minimum atomic E-state index is -0.0393. The standard InChI is InChI=1S/C10H16N4O/c1-2-14-9(7-12-13-14)10(15)8-5-3-4-6-11-8/h7-8,11H,2-6H2,1H3. The lowest BCUT2D eigenvalue weighted by atomic mass is 9.99. The number of ketones is 1. The molecule has 1 aromatic rings. The van der Waals surface area contributed by atoms with Crippen LogP contribution in [0.5, 0.6) is 0 Å². The van der Waals surface area contributed by atoms with E-state index in [2.05, 4.69) is 15.6 Å². The van der Waals surface area contributed by atoms with E-state index in [0.29, 0.717) is 12.2 Å². The molecule has 1 aliphatic heterocycles. The van der Waals surface area contributed by atoms with E-state index in [1.165, 1.54) is 0 Å². The first-order valence-corrected chi connectivity index (χ1v) is 5.49. The molecule has 5 heteroatoms. The first-order chi connectivity index (χ1) is 7.33. The van der Waals surface area contributed by atoms with E-state index < -0.39 is 0 Å². The average molecular weight is 208 g/mol. The van der Waals surface area contributed by atoms with Gasteiger partial charge in [0.1, 0.15) is 5.69 Å². The van der Waals surface area contributed by atoms with Crippen molar-refractivity contribution in [3.05, 3.63) is 11.9 Å². The summed E-state index contributed by atoms with van der Waals surface area (Å²) in [5.41, 5.74) is 0.622. The summed E-state index contributed by atoms with van der Waals surface area (Å²) in [6, 6.07) is -0.0393. The molecule has 1 aliphatic rings. The van der Waals surface area contributed by atoms with Crippen molar-refractivity contribution in [1.29, 1.82) is 0 Å². The van der Waals surface area contributed by atoms with Gasteiger partial charge in [0.05, 0.1) is 12.2 Å². The highest BCUT2D eigenvalue weighted by atomic mass is 16.1. The first-order valence-electron chi connectivity index (χ1n) is 5.49.